The van der Waals surface area contributed by atoms with Gasteiger partial charge >= 0.3 is 18.3 Å². The van der Waals surface area contributed by atoms with Crippen molar-refractivity contribution in [3.63, 3.8) is 0 Å². The fraction of sp³-hybridized carbons (Fsp3) is 0.355. The van der Waals surface area contributed by atoms with Gasteiger partial charge in [-0.25, -0.2) is 0 Å². The molecule has 11 heteroatoms. The molecule has 0 bridgehead atoms. The molecule has 1 heterocycles. The summed E-state index contributed by atoms with van der Waals surface area (Å²) in [4.78, 5) is 25.5. The molecule has 42 heavy (non-hydrogen) atoms. The van der Waals surface area contributed by atoms with Crippen molar-refractivity contribution >= 4 is 11.9 Å². The standard InChI is InChI=1S/C31H29F6NO4/c32-30(33,34)23-15-20(16-24(17-23)31(35,36)37)19-42-26-13-14-38(27(39)11-12-28(40)41)18-25(26)29(21-7-3-1-4-8-21)22-9-5-2-6-10-22/h1-10,15-17,25-26,29H,11-14,18-19H2,(H,40,41)/t25-,26+/m1/s1. The molecule has 1 fully saturated rings. The first kappa shape index (κ1) is 31.1. The van der Waals surface area contributed by atoms with E-state index in [1.54, 1.807) is 4.90 Å². The van der Waals surface area contributed by atoms with Crippen molar-refractivity contribution in [3.05, 3.63) is 107 Å². The first-order chi connectivity index (χ1) is 19.8. The van der Waals surface area contributed by atoms with Gasteiger partial charge in [-0.05, 0) is 41.3 Å². The molecule has 3 aromatic carbocycles. The Morgan fingerprint density at radius 3 is 1.83 bits per heavy atom. The minimum absolute atomic E-state index is 0.0777. The lowest BCUT2D eigenvalue weighted by atomic mass is 9.75. The van der Waals surface area contributed by atoms with Crippen LogP contribution >= 0.6 is 0 Å². The molecule has 0 radical (unpaired) electrons. The largest absolute Gasteiger partial charge is 0.481 e. The highest BCUT2D eigenvalue weighted by Gasteiger charge is 2.40. The molecule has 0 spiro atoms. The van der Waals surface area contributed by atoms with E-state index in [-0.39, 0.29) is 55.8 Å². The summed E-state index contributed by atoms with van der Waals surface area (Å²) in [6.45, 7) is -0.141. The molecular weight excluding hydrogens is 564 g/mol. The summed E-state index contributed by atoms with van der Waals surface area (Å²) in [5.41, 5.74) is -1.33. The third kappa shape index (κ3) is 7.90. The molecule has 2 atom stereocenters. The number of carbonyl (C=O) groups excluding carboxylic acids is 1. The van der Waals surface area contributed by atoms with Crippen molar-refractivity contribution in [1.82, 2.24) is 4.90 Å². The number of aliphatic carboxylic acids is 1. The van der Waals surface area contributed by atoms with Crippen molar-refractivity contribution in [1.29, 1.82) is 0 Å². The fourth-order valence-corrected chi connectivity index (χ4v) is 5.40. The van der Waals surface area contributed by atoms with Crippen LogP contribution < -0.4 is 0 Å². The highest BCUT2D eigenvalue weighted by molar-refractivity contribution is 5.80. The fourth-order valence-electron chi connectivity index (χ4n) is 5.40. The molecule has 4 rings (SSSR count). The highest BCUT2D eigenvalue weighted by atomic mass is 19.4. The quantitative estimate of drug-likeness (QED) is 0.268. The minimum Gasteiger partial charge on any atom is -0.481 e. The van der Waals surface area contributed by atoms with Crippen LogP contribution in [0, 0.1) is 5.92 Å². The second-order valence-electron chi connectivity index (χ2n) is 10.2. The lowest BCUT2D eigenvalue weighted by Gasteiger charge is -2.42. The SMILES string of the molecule is O=C(O)CCC(=O)N1CC[C@H](OCc2cc(C(F)(F)F)cc(C(F)(F)F)c2)[C@H](C(c2ccccc2)c2ccccc2)C1. The molecule has 0 aliphatic carbocycles. The summed E-state index contributed by atoms with van der Waals surface area (Å²) in [5.74, 6) is -2.23. The second kappa shape index (κ2) is 13.0. The van der Waals surface area contributed by atoms with Gasteiger partial charge in [0.05, 0.1) is 30.3 Å². The van der Waals surface area contributed by atoms with E-state index < -0.39 is 48.1 Å². The van der Waals surface area contributed by atoms with E-state index in [1.807, 2.05) is 60.7 Å². The number of hydrogen-bond donors (Lipinski definition) is 1. The lowest BCUT2D eigenvalue weighted by molar-refractivity contribution is -0.144. The average Bonchev–Trinajstić information content (AvgIpc) is 2.95. The average molecular weight is 594 g/mol. The Balaban J connectivity index is 1.68. The maximum atomic E-state index is 13.4. The van der Waals surface area contributed by atoms with Gasteiger partial charge in [0.25, 0.3) is 0 Å². The number of piperidine rings is 1. The summed E-state index contributed by atoms with van der Waals surface area (Å²) in [6, 6.07) is 20.1. The number of carboxylic acids is 1. The van der Waals surface area contributed by atoms with E-state index in [2.05, 4.69) is 0 Å². The molecule has 1 amide bonds. The van der Waals surface area contributed by atoms with Crippen molar-refractivity contribution < 1.29 is 45.8 Å². The van der Waals surface area contributed by atoms with Crippen LogP contribution in [0.5, 0.6) is 0 Å². The van der Waals surface area contributed by atoms with Crippen LogP contribution in [0.15, 0.2) is 78.9 Å². The number of ether oxygens (including phenoxy) is 1. The van der Waals surface area contributed by atoms with Crippen molar-refractivity contribution in [2.45, 2.75) is 50.2 Å². The number of benzene rings is 3. The third-order valence-electron chi connectivity index (χ3n) is 7.35. The van der Waals surface area contributed by atoms with Gasteiger partial charge in [-0.3, -0.25) is 9.59 Å². The predicted molar refractivity (Wildman–Crippen MR) is 141 cm³/mol. The minimum atomic E-state index is -4.98. The lowest BCUT2D eigenvalue weighted by Crippen LogP contribution is -2.49. The number of likely N-dealkylation sites (tertiary alicyclic amines) is 1. The van der Waals surface area contributed by atoms with Crippen molar-refractivity contribution in [3.8, 4) is 0 Å². The summed E-state index contributed by atoms with van der Waals surface area (Å²) >= 11 is 0. The van der Waals surface area contributed by atoms with Gasteiger partial charge in [-0.1, -0.05) is 60.7 Å². The Kier molecular flexibility index (Phi) is 9.60. The van der Waals surface area contributed by atoms with Gasteiger partial charge in [-0.15, -0.1) is 0 Å². The smallest absolute Gasteiger partial charge is 0.416 e. The van der Waals surface area contributed by atoms with Crippen LogP contribution in [-0.4, -0.2) is 41.1 Å². The Morgan fingerprint density at radius 2 is 1.36 bits per heavy atom. The Morgan fingerprint density at radius 1 is 0.833 bits per heavy atom. The van der Waals surface area contributed by atoms with Crippen molar-refractivity contribution in [2.24, 2.45) is 5.92 Å². The van der Waals surface area contributed by atoms with Crippen LogP contribution in [0.4, 0.5) is 26.3 Å². The molecular formula is C31H29F6NO4. The molecule has 1 aliphatic rings. The number of alkyl halides is 6. The number of rotatable bonds is 9. The monoisotopic (exact) mass is 593 g/mol. The van der Waals surface area contributed by atoms with Crippen LogP contribution in [0.2, 0.25) is 0 Å². The molecule has 0 aromatic heterocycles. The highest BCUT2D eigenvalue weighted by Crippen LogP contribution is 2.40. The van der Waals surface area contributed by atoms with Crippen LogP contribution in [0.1, 0.15) is 53.0 Å². The van der Waals surface area contributed by atoms with Crippen LogP contribution in [0.25, 0.3) is 0 Å². The maximum Gasteiger partial charge on any atom is 0.416 e. The molecule has 1 N–H and O–H groups in total. The summed E-state index contributed by atoms with van der Waals surface area (Å²) < 4.78 is 86.6. The van der Waals surface area contributed by atoms with Crippen LogP contribution in [-0.2, 0) is 33.3 Å². The number of nitrogens with zero attached hydrogens (tertiary/aromatic N) is 1. The third-order valence-corrected chi connectivity index (χ3v) is 7.35. The van der Waals surface area contributed by atoms with Gasteiger partial charge in [0.15, 0.2) is 0 Å². The Hall–Kier alpha value is -3.86. The van der Waals surface area contributed by atoms with Gasteiger partial charge in [0.1, 0.15) is 0 Å². The molecule has 0 saturated carbocycles. The zero-order valence-corrected chi connectivity index (χ0v) is 22.4. The number of carbonyl (C=O) groups is 2. The normalized spacial score (nSPS) is 17.8. The van der Waals surface area contributed by atoms with E-state index >= 15 is 0 Å². The summed E-state index contributed by atoms with van der Waals surface area (Å²) in [5, 5.41) is 9.03. The summed E-state index contributed by atoms with van der Waals surface area (Å²) in [7, 11) is 0. The molecule has 5 nitrogen and oxygen atoms in total. The first-order valence-electron chi connectivity index (χ1n) is 13.3. The first-order valence-corrected chi connectivity index (χ1v) is 13.3. The van der Waals surface area contributed by atoms with E-state index in [0.717, 1.165) is 11.1 Å². The molecule has 224 valence electrons. The maximum absolute atomic E-state index is 13.4. The zero-order valence-electron chi connectivity index (χ0n) is 22.4. The van der Waals surface area contributed by atoms with E-state index in [4.69, 9.17) is 9.84 Å². The predicted octanol–water partition coefficient (Wildman–Crippen LogP) is 7.15. The Bertz CT molecular complexity index is 1290. The second-order valence-corrected chi connectivity index (χ2v) is 10.2. The van der Waals surface area contributed by atoms with E-state index in [9.17, 15) is 35.9 Å². The molecule has 1 aliphatic heterocycles. The number of hydrogen-bond acceptors (Lipinski definition) is 3. The molecule has 3 aromatic rings. The van der Waals surface area contributed by atoms with E-state index in [1.165, 1.54) is 0 Å². The molecule has 1 saturated heterocycles. The number of carboxylic acid groups (broad SMARTS) is 1. The van der Waals surface area contributed by atoms with Gasteiger partial charge in [-0.2, -0.15) is 26.3 Å². The molecule has 0 unspecified atom stereocenters. The number of amides is 1. The summed E-state index contributed by atoms with van der Waals surface area (Å²) in [6.07, 6.45) is -10.9. The Labute approximate surface area is 238 Å². The van der Waals surface area contributed by atoms with Crippen LogP contribution in [0.3, 0.4) is 0 Å². The van der Waals surface area contributed by atoms with Gasteiger partial charge in [0, 0.05) is 31.3 Å². The van der Waals surface area contributed by atoms with E-state index in [0.29, 0.717) is 12.1 Å². The zero-order chi connectivity index (χ0) is 30.5. The number of halogens is 6. The van der Waals surface area contributed by atoms with Gasteiger partial charge in [0.2, 0.25) is 5.91 Å². The van der Waals surface area contributed by atoms with Gasteiger partial charge < -0.3 is 14.7 Å². The topological polar surface area (TPSA) is 66.8 Å². The van der Waals surface area contributed by atoms with Crippen molar-refractivity contribution in [2.75, 3.05) is 13.1 Å².